The predicted molar refractivity (Wildman–Crippen MR) is 124 cm³/mol. The lowest BCUT2D eigenvalue weighted by Crippen LogP contribution is -2.41. The number of anilines is 1. The van der Waals surface area contributed by atoms with Crippen LogP contribution in [0.2, 0.25) is 0 Å². The molecule has 1 heterocycles. The number of hydrogen-bond acceptors (Lipinski definition) is 7. The van der Waals surface area contributed by atoms with Crippen LogP contribution in [0.25, 0.3) is 10.9 Å². The minimum absolute atomic E-state index is 0.00760. The standard InChI is InChI=1S/C24H33N3O3.CO2/c1-16-14-20(25)24-21(26-16)8-5-9-22(24)30-19-12-10-17(11-13-19)27-23(28)15-29-18-6-3-2-4-7-18;2-1-3/h5,8-9,14,17-19H,2-4,6-7,10-13,15H2,1H3,(H2,25,26)(H,27,28);. The number of fused-ring (bicyclic) bond motifs is 1. The maximum atomic E-state index is 12.2. The zero-order valence-electron chi connectivity index (χ0n) is 19.2. The highest BCUT2D eigenvalue weighted by Gasteiger charge is 2.25. The molecule has 1 aromatic carbocycles. The van der Waals surface area contributed by atoms with E-state index in [-0.39, 0.29) is 36.9 Å². The minimum Gasteiger partial charge on any atom is -0.490 e. The Morgan fingerprint density at radius 2 is 1.79 bits per heavy atom. The van der Waals surface area contributed by atoms with E-state index >= 15 is 0 Å². The van der Waals surface area contributed by atoms with E-state index in [2.05, 4.69) is 10.3 Å². The van der Waals surface area contributed by atoms with Crippen molar-refractivity contribution in [1.29, 1.82) is 0 Å². The zero-order valence-corrected chi connectivity index (χ0v) is 19.2. The molecular weight excluding hydrogens is 422 g/mol. The van der Waals surface area contributed by atoms with Crippen LogP contribution in [0.3, 0.4) is 0 Å². The fourth-order valence-electron chi connectivity index (χ4n) is 4.72. The Morgan fingerprint density at radius 3 is 2.48 bits per heavy atom. The molecule has 0 spiro atoms. The van der Waals surface area contributed by atoms with Crippen LogP contribution in [0.5, 0.6) is 5.75 Å². The van der Waals surface area contributed by atoms with E-state index < -0.39 is 0 Å². The van der Waals surface area contributed by atoms with Gasteiger partial charge in [-0.3, -0.25) is 9.78 Å². The quantitative estimate of drug-likeness (QED) is 0.681. The summed E-state index contributed by atoms with van der Waals surface area (Å²) in [6, 6.07) is 7.98. The molecule has 2 fully saturated rings. The fourth-order valence-corrected chi connectivity index (χ4v) is 4.72. The van der Waals surface area contributed by atoms with E-state index in [0.29, 0.717) is 5.69 Å². The zero-order chi connectivity index (χ0) is 23.6. The molecule has 1 aromatic heterocycles. The number of ether oxygens (including phenoxy) is 2. The van der Waals surface area contributed by atoms with Crippen LogP contribution in [0.15, 0.2) is 24.3 Å². The van der Waals surface area contributed by atoms with Crippen molar-refractivity contribution in [3.8, 4) is 5.75 Å². The van der Waals surface area contributed by atoms with Gasteiger partial charge < -0.3 is 20.5 Å². The number of amides is 1. The summed E-state index contributed by atoms with van der Waals surface area (Å²) in [7, 11) is 0. The lowest BCUT2D eigenvalue weighted by atomic mass is 9.93. The number of nitrogens with two attached hydrogens (primary N) is 1. The molecule has 2 saturated carbocycles. The number of carbonyl (C=O) groups is 1. The number of rotatable bonds is 6. The van der Waals surface area contributed by atoms with E-state index in [1.165, 1.54) is 19.3 Å². The number of aromatic nitrogens is 1. The van der Waals surface area contributed by atoms with Crippen molar-refractivity contribution >= 4 is 28.6 Å². The number of benzene rings is 1. The molecule has 2 aromatic rings. The first kappa shape index (κ1) is 24.7. The Labute approximate surface area is 194 Å². The largest absolute Gasteiger partial charge is 0.490 e. The summed E-state index contributed by atoms with van der Waals surface area (Å²) in [4.78, 5) is 33.1. The van der Waals surface area contributed by atoms with Crippen LogP contribution in [-0.2, 0) is 19.1 Å². The van der Waals surface area contributed by atoms with Crippen molar-refractivity contribution in [2.75, 3.05) is 12.3 Å². The van der Waals surface area contributed by atoms with Gasteiger partial charge in [-0.1, -0.05) is 25.3 Å². The van der Waals surface area contributed by atoms with Gasteiger partial charge in [-0.25, -0.2) is 0 Å². The first-order valence-electron chi connectivity index (χ1n) is 11.7. The highest BCUT2D eigenvalue weighted by atomic mass is 16.5. The maximum Gasteiger partial charge on any atom is 0.373 e. The molecule has 2 aliphatic rings. The Bertz CT molecular complexity index is 960. The van der Waals surface area contributed by atoms with Crippen LogP contribution in [0.4, 0.5) is 5.69 Å². The summed E-state index contributed by atoms with van der Waals surface area (Å²) < 4.78 is 12.1. The maximum absolute atomic E-state index is 12.2. The summed E-state index contributed by atoms with van der Waals surface area (Å²) in [6.45, 7) is 2.13. The first-order chi connectivity index (χ1) is 16.0. The van der Waals surface area contributed by atoms with Gasteiger partial charge in [0, 0.05) is 17.4 Å². The molecule has 0 atom stereocenters. The predicted octanol–water partition coefficient (Wildman–Crippen LogP) is 3.70. The lowest BCUT2D eigenvalue weighted by Gasteiger charge is -2.30. The van der Waals surface area contributed by atoms with Crippen molar-refractivity contribution in [3.05, 3.63) is 30.0 Å². The molecular formula is C25H33N3O5. The van der Waals surface area contributed by atoms with Crippen molar-refractivity contribution in [1.82, 2.24) is 10.3 Å². The summed E-state index contributed by atoms with van der Waals surface area (Å²) in [5.41, 5.74) is 8.71. The SMILES string of the molecule is Cc1cc(N)c2c(OC3CCC(NC(=O)COC4CCCCC4)CC3)cccc2n1.O=C=O. The van der Waals surface area contributed by atoms with E-state index in [9.17, 15) is 4.79 Å². The molecule has 8 heteroatoms. The average Bonchev–Trinajstić information content (AvgIpc) is 2.80. The summed E-state index contributed by atoms with van der Waals surface area (Å²) in [5, 5.41) is 4.03. The second-order valence-electron chi connectivity index (χ2n) is 8.82. The number of aryl methyl sites for hydroxylation is 1. The summed E-state index contributed by atoms with van der Waals surface area (Å²) >= 11 is 0. The third kappa shape index (κ3) is 7.27. The van der Waals surface area contributed by atoms with Gasteiger partial charge in [-0.2, -0.15) is 9.59 Å². The molecule has 0 bridgehead atoms. The van der Waals surface area contributed by atoms with Gasteiger partial charge in [0.25, 0.3) is 0 Å². The molecule has 2 aliphatic carbocycles. The van der Waals surface area contributed by atoms with Crippen LogP contribution in [-0.4, -0.2) is 41.9 Å². The number of nitrogen functional groups attached to an aromatic ring is 1. The third-order valence-electron chi connectivity index (χ3n) is 6.29. The molecule has 0 radical (unpaired) electrons. The van der Waals surface area contributed by atoms with Gasteiger partial charge in [0.2, 0.25) is 5.91 Å². The van der Waals surface area contributed by atoms with E-state index in [1.54, 1.807) is 0 Å². The minimum atomic E-state index is 0.00760. The molecule has 33 heavy (non-hydrogen) atoms. The van der Waals surface area contributed by atoms with Crippen LogP contribution < -0.4 is 15.8 Å². The molecule has 8 nitrogen and oxygen atoms in total. The van der Waals surface area contributed by atoms with E-state index in [4.69, 9.17) is 24.8 Å². The number of carbonyl (C=O) groups excluding carboxylic acids is 3. The van der Waals surface area contributed by atoms with Crippen LogP contribution in [0, 0.1) is 6.92 Å². The smallest absolute Gasteiger partial charge is 0.373 e. The number of pyridine rings is 1. The molecule has 0 saturated heterocycles. The van der Waals surface area contributed by atoms with Gasteiger partial charge in [-0.15, -0.1) is 0 Å². The van der Waals surface area contributed by atoms with Gasteiger partial charge >= 0.3 is 6.15 Å². The lowest BCUT2D eigenvalue weighted by molar-refractivity contribution is -0.191. The monoisotopic (exact) mass is 455 g/mol. The highest BCUT2D eigenvalue weighted by Crippen LogP contribution is 2.33. The Hall–Kier alpha value is -2.96. The fraction of sp³-hybridized carbons (Fsp3) is 0.560. The topological polar surface area (TPSA) is 121 Å². The number of nitrogens with one attached hydrogen (secondary N) is 1. The van der Waals surface area contributed by atoms with Crippen molar-refractivity contribution in [2.24, 2.45) is 0 Å². The first-order valence-corrected chi connectivity index (χ1v) is 11.7. The van der Waals surface area contributed by atoms with E-state index in [1.807, 2.05) is 31.2 Å². The average molecular weight is 456 g/mol. The van der Waals surface area contributed by atoms with Gasteiger partial charge in [0.1, 0.15) is 12.4 Å². The van der Waals surface area contributed by atoms with Crippen molar-refractivity contribution in [3.63, 3.8) is 0 Å². The normalized spacial score (nSPS) is 20.9. The summed E-state index contributed by atoms with van der Waals surface area (Å²) in [5.74, 6) is 0.805. The molecule has 0 unspecified atom stereocenters. The Balaban J connectivity index is 0.000000968. The second-order valence-corrected chi connectivity index (χ2v) is 8.82. The van der Waals surface area contributed by atoms with Gasteiger partial charge in [-0.05, 0) is 63.6 Å². The number of hydrogen-bond donors (Lipinski definition) is 2. The molecule has 4 rings (SSSR count). The van der Waals surface area contributed by atoms with Crippen LogP contribution >= 0.6 is 0 Å². The van der Waals surface area contributed by atoms with Gasteiger partial charge in [0.05, 0.1) is 23.1 Å². The molecule has 178 valence electrons. The molecule has 0 aliphatic heterocycles. The van der Waals surface area contributed by atoms with Crippen molar-refractivity contribution in [2.45, 2.75) is 83.0 Å². The Morgan fingerprint density at radius 1 is 1.09 bits per heavy atom. The van der Waals surface area contributed by atoms with E-state index in [0.717, 1.165) is 60.9 Å². The second kappa shape index (κ2) is 12.3. The molecule has 3 N–H and O–H groups in total. The highest BCUT2D eigenvalue weighted by molar-refractivity contribution is 5.95. The number of nitrogens with zero attached hydrogens (tertiary/aromatic N) is 1. The summed E-state index contributed by atoms with van der Waals surface area (Å²) in [6.07, 6.45) is 10.2. The van der Waals surface area contributed by atoms with Crippen molar-refractivity contribution < 1.29 is 23.9 Å². The van der Waals surface area contributed by atoms with Crippen LogP contribution in [0.1, 0.15) is 63.5 Å². The third-order valence-corrected chi connectivity index (χ3v) is 6.29. The Kier molecular flexibility index (Phi) is 9.22. The molecule has 1 amide bonds. The van der Waals surface area contributed by atoms with Gasteiger partial charge in [0.15, 0.2) is 0 Å².